The molecule has 3 rings (SSSR count). The molecule has 0 amide bonds. The van der Waals surface area contributed by atoms with Gasteiger partial charge >= 0.3 is 0 Å². The van der Waals surface area contributed by atoms with Gasteiger partial charge in [-0.15, -0.1) is 11.3 Å². The van der Waals surface area contributed by atoms with Gasteiger partial charge in [0.25, 0.3) is 0 Å². The summed E-state index contributed by atoms with van der Waals surface area (Å²) in [7, 11) is 0. The van der Waals surface area contributed by atoms with E-state index in [0.29, 0.717) is 5.82 Å². The lowest BCUT2D eigenvalue weighted by Gasteiger charge is -2.11. The van der Waals surface area contributed by atoms with Crippen molar-refractivity contribution in [3.63, 3.8) is 0 Å². The molecule has 0 radical (unpaired) electrons. The van der Waals surface area contributed by atoms with Crippen LogP contribution in [0, 0.1) is 0 Å². The Morgan fingerprint density at radius 2 is 1.90 bits per heavy atom. The molecule has 4 nitrogen and oxygen atoms in total. The fourth-order valence-electron chi connectivity index (χ4n) is 1.95. The van der Waals surface area contributed by atoms with Gasteiger partial charge in [0.15, 0.2) is 0 Å². The molecular formula is C15H14ClN3OS. The lowest BCUT2D eigenvalue weighted by molar-refractivity contribution is 0.242. The van der Waals surface area contributed by atoms with E-state index in [1.54, 1.807) is 0 Å². The zero-order valence-corrected chi connectivity index (χ0v) is 13.2. The maximum atomic E-state index is 5.95. The third kappa shape index (κ3) is 3.25. The quantitative estimate of drug-likeness (QED) is 0.696. The molecule has 108 valence electrons. The van der Waals surface area contributed by atoms with E-state index in [4.69, 9.17) is 16.3 Å². The van der Waals surface area contributed by atoms with Gasteiger partial charge in [0.05, 0.1) is 11.5 Å². The smallest absolute Gasteiger partial charge is 0.225 e. The minimum absolute atomic E-state index is 0.162. The summed E-state index contributed by atoms with van der Waals surface area (Å²) in [4.78, 5) is 9.33. The molecule has 0 spiro atoms. The summed E-state index contributed by atoms with van der Waals surface area (Å²) in [6.07, 6.45) is 0.162. The van der Waals surface area contributed by atoms with E-state index in [0.717, 1.165) is 21.7 Å². The van der Waals surface area contributed by atoms with Crippen molar-refractivity contribution < 1.29 is 4.74 Å². The predicted octanol–water partition coefficient (Wildman–Crippen LogP) is 4.88. The molecule has 0 saturated heterocycles. The number of nitrogens with one attached hydrogen (secondary N) is 1. The van der Waals surface area contributed by atoms with Gasteiger partial charge in [-0.2, -0.15) is 4.98 Å². The number of aromatic nitrogens is 2. The van der Waals surface area contributed by atoms with E-state index in [2.05, 4.69) is 15.3 Å². The van der Waals surface area contributed by atoms with Gasteiger partial charge in [0.1, 0.15) is 16.4 Å². The van der Waals surface area contributed by atoms with E-state index >= 15 is 0 Å². The van der Waals surface area contributed by atoms with E-state index < -0.39 is 0 Å². The fraction of sp³-hybridized carbons (Fsp3) is 0.200. The molecule has 2 aromatic heterocycles. The van der Waals surface area contributed by atoms with Crippen molar-refractivity contribution in [1.29, 1.82) is 0 Å². The minimum Gasteiger partial charge on any atom is -0.491 e. The number of anilines is 2. The van der Waals surface area contributed by atoms with E-state index in [1.165, 1.54) is 11.3 Å². The molecule has 1 N–H and O–H groups in total. The fourth-order valence-corrected chi connectivity index (χ4v) is 2.93. The average molecular weight is 320 g/mol. The van der Waals surface area contributed by atoms with Crippen LogP contribution in [0.3, 0.4) is 0 Å². The van der Waals surface area contributed by atoms with Crippen LogP contribution in [0.1, 0.15) is 13.8 Å². The second-order valence-electron chi connectivity index (χ2n) is 4.80. The summed E-state index contributed by atoms with van der Waals surface area (Å²) in [5.74, 6) is 1.56. The first-order valence-electron chi connectivity index (χ1n) is 6.56. The number of thiophene rings is 1. The molecule has 0 aliphatic carbocycles. The third-order valence-electron chi connectivity index (χ3n) is 2.79. The van der Waals surface area contributed by atoms with E-state index in [9.17, 15) is 0 Å². The number of halogens is 1. The van der Waals surface area contributed by atoms with Crippen LogP contribution in [-0.4, -0.2) is 16.1 Å². The third-order valence-corrected chi connectivity index (χ3v) is 3.76. The number of fused-ring (bicyclic) bond motifs is 1. The standard InChI is InChI=1S/C15H14ClN3OS/c1-9(2)20-11-5-3-10(4-6-11)17-13-12-7-8-21-14(12)19-15(16)18-13/h3-9H,1-2H3,(H,17,18,19). The lowest BCUT2D eigenvalue weighted by Crippen LogP contribution is -2.05. The van der Waals surface area contributed by atoms with Crippen LogP contribution in [0.25, 0.3) is 10.2 Å². The lowest BCUT2D eigenvalue weighted by atomic mass is 10.3. The molecule has 0 fully saturated rings. The Kier molecular flexibility index (Phi) is 3.94. The number of hydrogen-bond donors (Lipinski definition) is 1. The highest BCUT2D eigenvalue weighted by Crippen LogP contribution is 2.29. The van der Waals surface area contributed by atoms with Crippen LogP contribution in [0.4, 0.5) is 11.5 Å². The van der Waals surface area contributed by atoms with Gasteiger partial charge in [0, 0.05) is 5.69 Å². The number of nitrogens with zero attached hydrogens (tertiary/aromatic N) is 2. The highest BCUT2D eigenvalue weighted by Gasteiger charge is 2.08. The topological polar surface area (TPSA) is 47.0 Å². The number of hydrogen-bond acceptors (Lipinski definition) is 5. The van der Waals surface area contributed by atoms with Crippen molar-refractivity contribution in [3.05, 3.63) is 41.0 Å². The number of ether oxygens (including phenoxy) is 1. The van der Waals surface area contributed by atoms with Crippen molar-refractivity contribution in [2.45, 2.75) is 20.0 Å². The molecular weight excluding hydrogens is 306 g/mol. The molecule has 6 heteroatoms. The summed E-state index contributed by atoms with van der Waals surface area (Å²) in [5, 5.41) is 6.45. The second-order valence-corrected chi connectivity index (χ2v) is 6.03. The summed E-state index contributed by atoms with van der Waals surface area (Å²) in [6, 6.07) is 9.73. The zero-order valence-electron chi connectivity index (χ0n) is 11.6. The Hall–Kier alpha value is -1.85. The molecule has 21 heavy (non-hydrogen) atoms. The van der Waals surface area contributed by atoms with Gasteiger partial charge in [-0.3, -0.25) is 0 Å². The van der Waals surface area contributed by atoms with Gasteiger partial charge in [-0.1, -0.05) is 0 Å². The van der Waals surface area contributed by atoms with Gasteiger partial charge in [-0.25, -0.2) is 4.98 Å². The Labute approximate surface area is 131 Å². The summed E-state index contributed by atoms with van der Waals surface area (Å²) in [5.41, 5.74) is 0.924. The van der Waals surface area contributed by atoms with Crippen LogP contribution in [0.5, 0.6) is 5.75 Å². The van der Waals surface area contributed by atoms with Crippen molar-refractivity contribution in [2.75, 3.05) is 5.32 Å². The average Bonchev–Trinajstić information content (AvgIpc) is 2.88. The van der Waals surface area contributed by atoms with Crippen LogP contribution >= 0.6 is 22.9 Å². The van der Waals surface area contributed by atoms with Crippen molar-refractivity contribution in [3.8, 4) is 5.75 Å². The molecule has 0 bridgehead atoms. The highest BCUT2D eigenvalue weighted by molar-refractivity contribution is 7.16. The highest BCUT2D eigenvalue weighted by atomic mass is 35.5. The number of benzene rings is 1. The largest absolute Gasteiger partial charge is 0.491 e. The molecule has 0 unspecified atom stereocenters. The number of rotatable bonds is 4. The Morgan fingerprint density at radius 3 is 2.62 bits per heavy atom. The van der Waals surface area contributed by atoms with Crippen LogP contribution in [0.2, 0.25) is 5.28 Å². The first-order chi connectivity index (χ1) is 10.1. The van der Waals surface area contributed by atoms with Gasteiger partial charge < -0.3 is 10.1 Å². The minimum atomic E-state index is 0.162. The van der Waals surface area contributed by atoms with Gasteiger partial charge in [-0.05, 0) is 61.2 Å². The molecule has 0 atom stereocenters. The van der Waals surface area contributed by atoms with Gasteiger partial charge in [0.2, 0.25) is 5.28 Å². The predicted molar refractivity (Wildman–Crippen MR) is 87.9 cm³/mol. The van der Waals surface area contributed by atoms with E-state index in [-0.39, 0.29) is 11.4 Å². The molecule has 0 aliphatic rings. The molecule has 2 heterocycles. The molecule has 1 aromatic carbocycles. The Morgan fingerprint density at radius 1 is 1.14 bits per heavy atom. The monoisotopic (exact) mass is 319 g/mol. The van der Waals surface area contributed by atoms with Crippen LogP contribution < -0.4 is 10.1 Å². The Balaban J connectivity index is 1.86. The van der Waals surface area contributed by atoms with Crippen molar-refractivity contribution >= 4 is 44.7 Å². The summed E-state index contributed by atoms with van der Waals surface area (Å²) >= 11 is 7.49. The maximum Gasteiger partial charge on any atom is 0.225 e. The molecule has 0 aliphatic heterocycles. The Bertz CT molecular complexity index is 755. The normalized spacial score (nSPS) is 11.0. The summed E-state index contributed by atoms with van der Waals surface area (Å²) in [6.45, 7) is 4.00. The van der Waals surface area contributed by atoms with Crippen molar-refractivity contribution in [1.82, 2.24) is 9.97 Å². The first-order valence-corrected chi connectivity index (χ1v) is 7.82. The zero-order chi connectivity index (χ0) is 14.8. The molecule has 0 saturated carbocycles. The molecule has 3 aromatic rings. The van der Waals surface area contributed by atoms with E-state index in [1.807, 2.05) is 49.6 Å². The van der Waals surface area contributed by atoms with Crippen LogP contribution in [-0.2, 0) is 0 Å². The first kappa shape index (κ1) is 14.1. The van der Waals surface area contributed by atoms with Crippen molar-refractivity contribution in [2.24, 2.45) is 0 Å². The van der Waals surface area contributed by atoms with Crippen LogP contribution in [0.15, 0.2) is 35.7 Å². The summed E-state index contributed by atoms with van der Waals surface area (Å²) < 4.78 is 5.62. The maximum absolute atomic E-state index is 5.95. The SMILES string of the molecule is CC(C)Oc1ccc(Nc2nc(Cl)nc3sccc23)cc1. The second kappa shape index (κ2) is 5.87.